The number of carbonyl (C=O) groups is 1. The van der Waals surface area contributed by atoms with Gasteiger partial charge in [-0.1, -0.05) is 186 Å². The predicted molar refractivity (Wildman–Crippen MR) is 199 cm³/mol. The fourth-order valence-corrected chi connectivity index (χ4v) is 6.68. The molecule has 0 aromatic carbocycles. The zero-order valence-electron chi connectivity index (χ0n) is 30.5. The summed E-state index contributed by atoms with van der Waals surface area (Å²) in [5, 5.41) is 23.3. The summed E-state index contributed by atoms with van der Waals surface area (Å²) in [7, 11) is -4.44. The highest BCUT2D eigenvalue weighted by Gasteiger charge is 2.27. The van der Waals surface area contributed by atoms with Crippen molar-refractivity contribution in [3.05, 3.63) is 24.3 Å². The van der Waals surface area contributed by atoms with E-state index in [-0.39, 0.29) is 6.42 Å². The van der Waals surface area contributed by atoms with Crippen LogP contribution in [-0.4, -0.2) is 53.1 Å². The molecule has 1 amide bonds. The number of allylic oxidation sites excluding steroid dienone is 3. The number of unbranched alkanes of at least 4 members (excludes halogenated alkanes) is 24. The molecule has 0 radical (unpaired) electrons. The number of rotatable bonds is 35. The molecule has 0 saturated heterocycles. The van der Waals surface area contributed by atoms with Crippen LogP contribution < -0.4 is 5.32 Å². The predicted octanol–water partition coefficient (Wildman–Crippen LogP) is 10.2. The molecule has 0 aliphatic rings. The Morgan fingerprint density at radius 1 is 0.574 bits per heavy atom. The number of amides is 1. The average Bonchev–Trinajstić information content (AvgIpc) is 3.03. The second kappa shape index (κ2) is 33.3. The largest absolute Gasteiger partial charge is 0.387 e. The lowest BCUT2D eigenvalue weighted by atomic mass is 10.0. The Hall–Kier alpha value is -1.22. The summed E-state index contributed by atoms with van der Waals surface area (Å²) >= 11 is 0. The van der Waals surface area contributed by atoms with Crippen LogP contribution in [0.5, 0.6) is 0 Å². The number of aliphatic hydroxyl groups is 2. The van der Waals surface area contributed by atoms with Gasteiger partial charge in [0, 0.05) is 0 Å². The Kier molecular flexibility index (Phi) is 32.4. The quantitative estimate of drug-likeness (QED) is 0.0299. The standard InChI is InChI=1S/C39H75NO6S/c1-3-5-7-9-11-13-15-17-19-20-22-24-26-28-30-32-34-38(42)39(43)40-36(35-47(44,45)46)37(41)33-31-29-27-25-23-21-18-16-14-12-10-8-6-4-2/h23,25,31,33,36-38,41-42H,3-22,24,26-30,32,34-35H2,1-2H3,(H,40,43)(H,44,45,46)/b25-23+,33-31+. The molecule has 3 atom stereocenters. The van der Waals surface area contributed by atoms with Crippen LogP contribution in [0.15, 0.2) is 24.3 Å². The lowest BCUT2D eigenvalue weighted by molar-refractivity contribution is -0.130. The summed E-state index contributed by atoms with van der Waals surface area (Å²) in [6.45, 7) is 4.49. The van der Waals surface area contributed by atoms with E-state index in [0.717, 1.165) is 32.1 Å². The van der Waals surface area contributed by atoms with Gasteiger partial charge in [-0.3, -0.25) is 9.35 Å². The molecule has 0 saturated carbocycles. The molecular formula is C39H75NO6S. The fraction of sp³-hybridized carbons (Fsp3) is 0.872. The zero-order chi connectivity index (χ0) is 34.9. The van der Waals surface area contributed by atoms with E-state index in [1.807, 2.05) is 0 Å². The van der Waals surface area contributed by atoms with Crippen molar-refractivity contribution in [3.63, 3.8) is 0 Å². The number of aliphatic hydroxyl groups excluding tert-OH is 2. The molecule has 0 rings (SSSR count). The first kappa shape index (κ1) is 45.8. The number of nitrogens with one attached hydrogen (secondary N) is 1. The molecule has 47 heavy (non-hydrogen) atoms. The van der Waals surface area contributed by atoms with Crippen LogP contribution in [0.2, 0.25) is 0 Å². The van der Waals surface area contributed by atoms with E-state index in [1.165, 1.54) is 134 Å². The van der Waals surface area contributed by atoms with Gasteiger partial charge in [-0.2, -0.15) is 8.42 Å². The van der Waals surface area contributed by atoms with Crippen LogP contribution in [0.1, 0.15) is 194 Å². The molecular weight excluding hydrogens is 610 g/mol. The van der Waals surface area contributed by atoms with Crippen molar-refractivity contribution in [2.75, 3.05) is 5.75 Å². The van der Waals surface area contributed by atoms with E-state index < -0.39 is 40.0 Å². The molecule has 0 spiro atoms. The third-order valence-corrected chi connectivity index (χ3v) is 9.77. The normalized spacial score (nSPS) is 14.2. The van der Waals surface area contributed by atoms with E-state index in [9.17, 15) is 28.0 Å². The van der Waals surface area contributed by atoms with E-state index in [4.69, 9.17) is 0 Å². The molecule has 3 unspecified atom stereocenters. The molecule has 4 N–H and O–H groups in total. The summed E-state index contributed by atoms with van der Waals surface area (Å²) in [4.78, 5) is 12.6. The Balaban J connectivity index is 4.09. The smallest absolute Gasteiger partial charge is 0.267 e. The molecule has 0 aliphatic carbocycles. The third-order valence-electron chi connectivity index (χ3n) is 8.99. The van der Waals surface area contributed by atoms with E-state index in [1.54, 1.807) is 6.08 Å². The second-order valence-corrected chi connectivity index (χ2v) is 15.2. The number of hydrogen-bond acceptors (Lipinski definition) is 5. The molecule has 0 aliphatic heterocycles. The fourth-order valence-electron chi connectivity index (χ4n) is 5.94. The van der Waals surface area contributed by atoms with Gasteiger partial charge in [0.25, 0.3) is 10.1 Å². The number of carbonyl (C=O) groups excluding carboxylic acids is 1. The van der Waals surface area contributed by atoms with E-state index in [0.29, 0.717) is 12.8 Å². The summed E-state index contributed by atoms with van der Waals surface area (Å²) in [5.41, 5.74) is 0. The maximum Gasteiger partial charge on any atom is 0.267 e. The van der Waals surface area contributed by atoms with Crippen LogP contribution in [0, 0.1) is 0 Å². The van der Waals surface area contributed by atoms with Crippen molar-refractivity contribution in [3.8, 4) is 0 Å². The minimum absolute atomic E-state index is 0.278. The molecule has 0 aromatic heterocycles. The van der Waals surface area contributed by atoms with Gasteiger partial charge in [-0.05, 0) is 32.1 Å². The van der Waals surface area contributed by atoms with Gasteiger partial charge in [-0.15, -0.1) is 0 Å². The van der Waals surface area contributed by atoms with Gasteiger partial charge in [0.15, 0.2) is 0 Å². The summed E-state index contributed by atoms with van der Waals surface area (Å²) in [5.74, 6) is -1.55. The van der Waals surface area contributed by atoms with Gasteiger partial charge in [0.1, 0.15) is 6.10 Å². The maximum absolute atomic E-state index is 12.6. The first-order chi connectivity index (χ1) is 22.7. The zero-order valence-corrected chi connectivity index (χ0v) is 31.3. The SMILES string of the molecule is CCCCCCCCCC/C=C/CC/C=C/C(O)C(CS(=O)(=O)O)NC(=O)C(O)CCCCCCCCCCCCCCCCCC. The second-order valence-electron chi connectivity index (χ2n) is 13.7. The molecule has 8 heteroatoms. The highest BCUT2D eigenvalue weighted by molar-refractivity contribution is 7.85. The average molecular weight is 686 g/mol. The van der Waals surface area contributed by atoms with Crippen molar-refractivity contribution in [1.82, 2.24) is 5.32 Å². The molecule has 0 bridgehead atoms. The monoisotopic (exact) mass is 686 g/mol. The molecule has 0 aromatic rings. The van der Waals surface area contributed by atoms with Crippen molar-refractivity contribution in [2.45, 2.75) is 212 Å². The third kappa shape index (κ3) is 33.1. The Labute approximate surface area is 290 Å². The van der Waals surface area contributed by atoms with E-state index >= 15 is 0 Å². The van der Waals surface area contributed by atoms with Gasteiger partial charge >= 0.3 is 0 Å². The molecule has 0 heterocycles. The maximum atomic E-state index is 12.6. The highest BCUT2D eigenvalue weighted by Crippen LogP contribution is 2.15. The van der Waals surface area contributed by atoms with Gasteiger partial charge < -0.3 is 15.5 Å². The lowest BCUT2D eigenvalue weighted by Gasteiger charge is -2.22. The summed E-state index contributed by atoms with van der Waals surface area (Å²) < 4.78 is 32.4. The summed E-state index contributed by atoms with van der Waals surface area (Å²) in [6, 6.07) is -1.24. The first-order valence-electron chi connectivity index (χ1n) is 19.6. The van der Waals surface area contributed by atoms with E-state index in [2.05, 4.69) is 31.3 Å². The topological polar surface area (TPSA) is 124 Å². The molecule has 7 nitrogen and oxygen atoms in total. The Morgan fingerprint density at radius 2 is 0.957 bits per heavy atom. The van der Waals surface area contributed by atoms with Crippen molar-refractivity contribution in [1.29, 1.82) is 0 Å². The Bertz CT molecular complexity index is 860. The minimum atomic E-state index is -4.44. The van der Waals surface area contributed by atoms with Gasteiger partial charge in [0.2, 0.25) is 5.91 Å². The Morgan fingerprint density at radius 3 is 1.40 bits per heavy atom. The molecule has 0 fully saturated rings. The van der Waals surface area contributed by atoms with Crippen molar-refractivity contribution >= 4 is 16.0 Å². The highest BCUT2D eigenvalue weighted by atomic mass is 32.2. The van der Waals surface area contributed by atoms with Crippen molar-refractivity contribution < 1.29 is 28.0 Å². The van der Waals surface area contributed by atoms with Gasteiger partial charge in [-0.25, -0.2) is 0 Å². The van der Waals surface area contributed by atoms with Crippen LogP contribution in [0.4, 0.5) is 0 Å². The van der Waals surface area contributed by atoms with Gasteiger partial charge in [0.05, 0.1) is 17.9 Å². The van der Waals surface area contributed by atoms with Crippen LogP contribution in [0.25, 0.3) is 0 Å². The minimum Gasteiger partial charge on any atom is -0.387 e. The van der Waals surface area contributed by atoms with Crippen LogP contribution in [-0.2, 0) is 14.9 Å². The first-order valence-corrected chi connectivity index (χ1v) is 21.3. The summed E-state index contributed by atoms with van der Waals surface area (Å²) in [6.07, 6.45) is 38.0. The molecule has 278 valence electrons. The number of hydrogen-bond donors (Lipinski definition) is 4. The lowest BCUT2D eigenvalue weighted by Crippen LogP contribution is -2.50. The van der Waals surface area contributed by atoms with Crippen LogP contribution >= 0.6 is 0 Å². The van der Waals surface area contributed by atoms with Crippen LogP contribution in [0.3, 0.4) is 0 Å². The van der Waals surface area contributed by atoms with Crippen molar-refractivity contribution in [2.24, 2.45) is 0 Å².